The first-order valence-electron chi connectivity index (χ1n) is 23.4. The molecule has 1 rings (SSSR count). The number of nitrogens with one attached hydrogen (secondary N) is 1. The van der Waals surface area contributed by atoms with E-state index in [1.165, 1.54) is 122 Å². The minimum absolute atomic E-state index is 0.0434. The molecule has 1 amide bonds. The Morgan fingerprint density at radius 3 is 1.60 bits per heavy atom. The molecule has 8 N–H and O–H groups in total. The number of carbonyl (C=O) groups excluding carboxylic acids is 1. The Morgan fingerprint density at radius 1 is 0.621 bits per heavy atom. The molecule has 0 aromatic heterocycles. The van der Waals surface area contributed by atoms with Gasteiger partial charge in [-0.1, -0.05) is 166 Å². The van der Waals surface area contributed by atoms with E-state index >= 15 is 0 Å². The summed E-state index contributed by atoms with van der Waals surface area (Å²) >= 11 is 0. The van der Waals surface area contributed by atoms with Crippen molar-refractivity contribution in [3.05, 3.63) is 36.5 Å². The summed E-state index contributed by atoms with van der Waals surface area (Å²) in [5, 5.41) is 75.4. The standard InChI is InChI=1S/C47H87NO10/c1-3-5-7-9-11-13-15-17-18-19-20-21-22-23-25-26-28-30-32-34-39(50)42(52)38(37-57-47-45(55)44(54)43(53)41(36-49)58-47)48-46(56)40(51)35-33-31-29-27-24-16-14-12-10-8-6-4-2/h24,26-28,31,33,38-45,47,49-55H,3-23,25,29-30,32,34-37H2,1-2H3,(H,48,56)/b27-24-,28-26+,33-31-. The molecule has 1 aliphatic rings. The zero-order valence-corrected chi connectivity index (χ0v) is 36.5. The monoisotopic (exact) mass is 826 g/mol. The van der Waals surface area contributed by atoms with Crippen molar-refractivity contribution in [3.8, 4) is 0 Å². The van der Waals surface area contributed by atoms with Gasteiger partial charge in [0, 0.05) is 6.42 Å². The Morgan fingerprint density at radius 2 is 1.09 bits per heavy atom. The van der Waals surface area contributed by atoms with Crippen LogP contribution in [0.1, 0.15) is 187 Å². The maximum absolute atomic E-state index is 13.0. The van der Waals surface area contributed by atoms with E-state index in [1.807, 2.05) is 6.08 Å². The highest BCUT2D eigenvalue weighted by Gasteiger charge is 2.44. The van der Waals surface area contributed by atoms with Crippen molar-refractivity contribution >= 4 is 5.91 Å². The van der Waals surface area contributed by atoms with E-state index in [1.54, 1.807) is 6.08 Å². The molecule has 1 fully saturated rings. The second kappa shape index (κ2) is 37.1. The molecule has 1 aliphatic heterocycles. The van der Waals surface area contributed by atoms with Crippen LogP contribution in [0.15, 0.2) is 36.5 Å². The first kappa shape index (κ1) is 54.3. The number of aliphatic hydroxyl groups excluding tert-OH is 7. The molecule has 0 saturated carbocycles. The van der Waals surface area contributed by atoms with Crippen molar-refractivity contribution in [1.29, 1.82) is 0 Å². The summed E-state index contributed by atoms with van der Waals surface area (Å²) in [7, 11) is 0. The zero-order chi connectivity index (χ0) is 42.6. The summed E-state index contributed by atoms with van der Waals surface area (Å²) in [6, 6.07) is -1.21. The van der Waals surface area contributed by atoms with Gasteiger partial charge < -0.3 is 50.5 Å². The van der Waals surface area contributed by atoms with Crippen LogP contribution >= 0.6 is 0 Å². The number of amides is 1. The quantitative estimate of drug-likeness (QED) is 0.0227. The predicted octanol–water partition coefficient (Wildman–Crippen LogP) is 7.61. The normalized spacial score (nSPS) is 22.3. The average molecular weight is 826 g/mol. The minimum atomic E-state index is -1.68. The molecule has 9 atom stereocenters. The summed E-state index contributed by atoms with van der Waals surface area (Å²) in [5.41, 5.74) is 0. The van der Waals surface area contributed by atoms with Crippen molar-refractivity contribution in [2.45, 2.75) is 242 Å². The molecular formula is C47H87NO10. The molecule has 0 aromatic carbocycles. The van der Waals surface area contributed by atoms with E-state index in [0.29, 0.717) is 12.8 Å². The molecule has 1 heterocycles. The summed E-state index contributed by atoms with van der Waals surface area (Å²) < 4.78 is 11.0. The molecular weight excluding hydrogens is 739 g/mol. The van der Waals surface area contributed by atoms with E-state index in [9.17, 15) is 40.5 Å². The Kier molecular flexibility index (Phi) is 34.8. The smallest absolute Gasteiger partial charge is 0.249 e. The van der Waals surface area contributed by atoms with Crippen LogP contribution in [0.2, 0.25) is 0 Å². The molecule has 340 valence electrons. The molecule has 0 bridgehead atoms. The lowest BCUT2D eigenvalue weighted by atomic mass is 9.99. The SMILES string of the molecule is CCCCCCCC/C=C\C/C=C\CC(O)C(=O)NC(COC1OC(CO)C(O)C(O)C1O)C(O)C(O)CCC/C=C/CCCCCCCCCCCCCCCC. The Balaban J connectivity index is 2.49. The lowest BCUT2D eigenvalue weighted by Crippen LogP contribution is -2.60. The van der Waals surface area contributed by atoms with Crippen molar-refractivity contribution in [1.82, 2.24) is 5.32 Å². The summed E-state index contributed by atoms with van der Waals surface area (Å²) in [4.78, 5) is 13.0. The van der Waals surface area contributed by atoms with Gasteiger partial charge in [0.25, 0.3) is 0 Å². The number of hydrogen-bond donors (Lipinski definition) is 8. The van der Waals surface area contributed by atoms with E-state index in [-0.39, 0.29) is 12.8 Å². The van der Waals surface area contributed by atoms with Gasteiger partial charge in [-0.25, -0.2) is 0 Å². The third kappa shape index (κ3) is 26.5. The van der Waals surface area contributed by atoms with Gasteiger partial charge in [0.1, 0.15) is 36.6 Å². The van der Waals surface area contributed by atoms with Gasteiger partial charge in [-0.2, -0.15) is 0 Å². The van der Waals surface area contributed by atoms with Gasteiger partial charge in [-0.05, 0) is 51.4 Å². The fraction of sp³-hybridized carbons (Fsp3) is 0.851. The maximum Gasteiger partial charge on any atom is 0.249 e. The van der Waals surface area contributed by atoms with E-state index in [0.717, 1.165) is 25.7 Å². The Bertz CT molecular complexity index is 1040. The summed E-state index contributed by atoms with van der Waals surface area (Å²) in [6.45, 7) is 3.37. The van der Waals surface area contributed by atoms with Gasteiger partial charge in [0.05, 0.1) is 25.4 Å². The summed E-state index contributed by atoms with van der Waals surface area (Å²) in [5.74, 6) is -0.775. The van der Waals surface area contributed by atoms with Crippen LogP contribution in [0.5, 0.6) is 0 Å². The fourth-order valence-corrected chi connectivity index (χ4v) is 7.25. The maximum atomic E-state index is 13.0. The van der Waals surface area contributed by atoms with Crippen LogP contribution in [0.25, 0.3) is 0 Å². The highest BCUT2D eigenvalue weighted by Crippen LogP contribution is 2.23. The highest BCUT2D eigenvalue weighted by atomic mass is 16.7. The topological polar surface area (TPSA) is 189 Å². The molecule has 11 nitrogen and oxygen atoms in total. The van der Waals surface area contributed by atoms with Crippen LogP contribution in [-0.4, -0.2) is 110 Å². The number of ether oxygens (including phenoxy) is 2. The highest BCUT2D eigenvalue weighted by molar-refractivity contribution is 5.81. The number of carbonyl (C=O) groups is 1. The second-order valence-corrected chi connectivity index (χ2v) is 16.5. The summed E-state index contributed by atoms with van der Waals surface area (Å²) in [6.07, 6.45) is 30.8. The van der Waals surface area contributed by atoms with Gasteiger partial charge in [0.15, 0.2) is 6.29 Å². The van der Waals surface area contributed by atoms with E-state index in [4.69, 9.17) is 9.47 Å². The molecule has 0 radical (unpaired) electrons. The number of allylic oxidation sites excluding steroid dienone is 5. The lowest BCUT2D eigenvalue weighted by Gasteiger charge is -2.40. The molecule has 9 unspecified atom stereocenters. The average Bonchev–Trinajstić information content (AvgIpc) is 3.22. The third-order valence-electron chi connectivity index (χ3n) is 11.2. The number of unbranched alkanes of at least 4 members (excludes halogenated alkanes) is 21. The van der Waals surface area contributed by atoms with Crippen molar-refractivity contribution in [2.75, 3.05) is 13.2 Å². The van der Waals surface area contributed by atoms with Crippen LogP contribution in [0.3, 0.4) is 0 Å². The number of rotatable bonds is 38. The van der Waals surface area contributed by atoms with E-state index in [2.05, 4.69) is 43.5 Å². The first-order valence-corrected chi connectivity index (χ1v) is 23.4. The van der Waals surface area contributed by atoms with Crippen LogP contribution in [0.4, 0.5) is 0 Å². The lowest BCUT2D eigenvalue weighted by molar-refractivity contribution is -0.303. The van der Waals surface area contributed by atoms with E-state index < -0.39 is 74.2 Å². The van der Waals surface area contributed by atoms with Crippen LogP contribution < -0.4 is 5.32 Å². The molecule has 58 heavy (non-hydrogen) atoms. The molecule has 1 saturated heterocycles. The second-order valence-electron chi connectivity index (χ2n) is 16.5. The van der Waals surface area contributed by atoms with Crippen molar-refractivity contribution in [2.24, 2.45) is 0 Å². The number of aliphatic hydroxyl groups is 7. The Hall–Kier alpha value is -1.67. The van der Waals surface area contributed by atoms with Gasteiger partial charge in [-0.3, -0.25) is 4.79 Å². The van der Waals surface area contributed by atoms with Gasteiger partial charge >= 0.3 is 0 Å². The third-order valence-corrected chi connectivity index (χ3v) is 11.2. The minimum Gasteiger partial charge on any atom is -0.394 e. The van der Waals surface area contributed by atoms with Gasteiger partial charge in [-0.15, -0.1) is 0 Å². The largest absolute Gasteiger partial charge is 0.394 e. The van der Waals surface area contributed by atoms with Crippen molar-refractivity contribution in [3.63, 3.8) is 0 Å². The molecule has 0 aromatic rings. The van der Waals surface area contributed by atoms with Gasteiger partial charge in [0.2, 0.25) is 5.91 Å². The zero-order valence-electron chi connectivity index (χ0n) is 36.5. The van der Waals surface area contributed by atoms with Crippen molar-refractivity contribution < 1.29 is 50.0 Å². The molecule has 0 spiro atoms. The molecule has 11 heteroatoms. The Labute approximate surface area is 352 Å². The fourth-order valence-electron chi connectivity index (χ4n) is 7.25. The molecule has 0 aliphatic carbocycles. The first-order chi connectivity index (χ1) is 28.2. The van der Waals surface area contributed by atoms with Crippen LogP contribution in [0, 0.1) is 0 Å². The van der Waals surface area contributed by atoms with Crippen LogP contribution in [-0.2, 0) is 14.3 Å². The number of hydrogen-bond acceptors (Lipinski definition) is 10. The predicted molar refractivity (Wildman–Crippen MR) is 233 cm³/mol.